The molecule has 0 aliphatic carbocycles. The lowest BCUT2D eigenvalue weighted by atomic mass is 10.2. The van der Waals surface area contributed by atoms with Crippen LogP contribution in [0.3, 0.4) is 0 Å². The van der Waals surface area contributed by atoms with Crippen molar-refractivity contribution >= 4 is 50.5 Å². The van der Waals surface area contributed by atoms with Gasteiger partial charge in [0.25, 0.3) is 11.8 Å². The molecule has 2 amide bonds. The Balaban J connectivity index is 1.34. The van der Waals surface area contributed by atoms with Crippen LogP contribution in [0.25, 0.3) is 0 Å². The number of anilines is 2. The molecule has 29 heavy (non-hydrogen) atoms. The third kappa shape index (κ3) is 4.68. The Labute approximate surface area is 182 Å². The van der Waals surface area contributed by atoms with E-state index in [1.807, 2.05) is 58.8 Å². The number of nitrogens with one attached hydrogen (secondary N) is 1. The van der Waals surface area contributed by atoms with Crippen LogP contribution in [0.15, 0.2) is 70.5 Å². The summed E-state index contributed by atoms with van der Waals surface area (Å²) < 4.78 is 0.872. The highest BCUT2D eigenvalue weighted by Gasteiger charge is 2.22. The number of rotatable bonds is 4. The van der Waals surface area contributed by atoms with Crippen molar-refractivity contribution in [2.45, 2.75) is 0 Å². The second-order valence-corrected chi connectivity index (χ2v) is 8.63. The van der Waals surface area contributed by atoms with Crippen molar-refractivity contribution in [1.82, 2.24) is 4.90 Å². The van der Waals surface area contributed by atoms with Crippen LogP contribution < -0.4 is 10.2 Å². The molecule has 2 aromatic carbocycles. The van der Waals surface area contributed by atoms with E-state index in [-0.39, 0.29) is 11.8 Å². The molecule has 2 heterocycles. The molecule has 0 unspecified atom stereocenters. The Bertz CT molecular complexity index is 997. The Kier molecular flexibility index (Phi) is 5.97. The van der Waals surface area contributed by atoms with Gasteiger partial charge in [0.15, 0.2) is 0 Å². The minimum absolute atomic E-state index is 0.116. The monoisotopic (exact) mass is 469 g/mol. The molecule has 1 fully saturated rings. The summed E-state index contributed by atoms with van der Waals surface area (Å²) in [5.41, 5.74) is 2.45. The Morgan fingerprint density at radius 1 is 0.931 bits per heavy atom. The second kappa shape index (κ2) is 8.80. The van der Waals surface area contributed by atoms with Crippen LogP contribution in [0.1, 0.15) is 20.0 Å². The van der Waals surface area contributed by atoms with E-state index in [1.54, 1.807) is 12.1 Å². The van der Waals surface area contributed by atoms with Gasteiger partial charge in [-0.2, -0.15) is 0 Å². The molecule has 0 atom stereocenters. The van der Waals surface area contributed by atoms with Crippen LogP contribution in [0.4, 0.5) is 11.4 Å². The van der Waals surface area contributed by atoms with Gasteiger partial charge in [0.1, 0.15) is 0 Å². The summed E-state index contributed by atoms with van der Waals surface area (Å²) in [6, 6.07) is 18.9. The maximum Gasteiger partial charge on any atom is 0.264 e. The molecule has 0 bridgehead atoms. The van der Waals surface area contributed by atoms with E-state index >= 15 is 0 Å². The van der Waals surface area contributed by atoms with Crippen molar-refractivity contribution in [3.8, 4) is 0 Å². The minimum atomic E-state index is -0.139. The lowest BCUT2D eigenvalue weighted by Gasteiger charge is -2.36. The quantitative estimate of drug-likeness (QED) is 0.600. The van der Waals surface area contributed by atoms with Gasteiger partial charge in [-0.3, -0.25) is 9.59 Å². The predicted molar refractivity (Wildman–Crippen MR) is 121 cm³/mol. The molecule has 148 valence electrons. The number of nitrogens with zero attached hydrogens (tertiary/aromatic N) is 2. The molecule has 7 heteroatoms. The SMILES string of the molecule is O=C(Nc1ccc(N2CCN(C(=O)c3cccs3)CC2)cc1)c1cccc(Br)c1. The largest absolute Gasteiger partial charge is 0.368 e. The molecule has 0 saturated carbocycles. The van der Waals surface area contributed by atoms with E-state index in [1.165, 1.54) is 11.3 Å². The summed E-state index contributed by atoms with van der Waals surface area (Å²) >= 11 is 4.87. The molecule has 0 radical (unpaired) electrons. The fourth-order valence-corrected chi connectivity index (χ4v) is 4.40. The van der Waals surface area contributed by atoms with E-state index in [0.717, 1.165) is 33.8 Å². The smallest absolute Gasteiger partial charge is 0.264 e. The number of thiophene rings is 1. The van der Waals surface area contributed by atoms with E-state index in [4.69, 9.17) is 0 Å². The maximum atomic E-state index is 12.5. The summed E-state index contributed by atoms with van der Waals surface area (Å²) in [6.45, 7) is 3.00. The maximum absolute atomic E-state index is 12.5. The zero-order valence-corrected chi connectivity index (χ0v) is 18.1. The van der Waals surface area contributed by atoms with E-state index < -0.39 is 0 Å². The van der Waals surface area contributed by atoms with Gasteiger partial charge in [-0.25, -0.2) is 0 Å². The highest BCUT2D eigenvalue weighted by molar-refractivity contribution is 9.10. The average molecular weight is 470 g/mol. The Morgan fingerprint density at radius 2 is 1.69 bits per heavy atom. The molecule has 4 rings (SSSR count). The summed E-state index contributed by atoms with van der Waals surface area (Å²) in [5.74, 6) is -0.0231. The lowest BCUT2D eigenvalue weighted by molar-refractivity contribution is 0.0751. The minimum Gasteiger partial charge on any atom is -0.368 e. The van der Waals surface area contributed by atoms with Crippen molar-refractivity contribution in [3.05, 3.63) is 81.0 Å². The molecule has 1 aliphatic rings. The van der Waals surface area contributed by atoms with Gasteiger partial charge in [0, 0.05) is 47.6 Å². The number of piperazine rings is 1. The molecule has 5 nitrogen and oxygen atoms in total. The van der Waals surface area contributed by atoms with E-state index in [2.05, 4.69) is 26.1 Å². The van der Waals surface area contributed by atoms with Gasteiger partial charge in [0.05, 0.1) is 4.88 Å². The number of carbonyl (C=O) groups excluding carboxylic acids is 2. The van der Waals surface area contributed by atoms with Gasteiger partial charge in [0.2, 0.25) is 0 Å². The summed E-state index contributed by atoms with van der Waals surface area (Å²) in [7, 11) is 0. The zero-order chi connectivity index (χ0) is 20.2. The Morgan fingerprint density at radius 3 is 2.34 bits per heavy atom. The van der Waals surface area contributed by atoms with Crippen LogP contribution in [0.2, 0.25) is 0 Å². The van der Waals surface area contributed by atoms with Gasteiger partial charge in [-0.05, 0) is 53.9 Å². The molecular weight excluding hydrogens is 450 g/mol. The van der Waals surface area contributed by atoms with Gasteiger partial charge < -0.3 is 15.1 Å². The Hall–Kier alpha value is -2.64. The number of amides is 2. The number of benzene rings is 2. The molecule has 1 saturated heterocycles. The van der Waals surface area contributed by atoms with Gasteiger partial charge in [-0.1, -0.05) is 28.1 Å². The molecule has 3 aromatic rings. The molecule has 0 spiro atoms. The zero-order valence-electron chi connectivity index (χ0n) is 15.7. The highest BCUT2D eigenvalue weighted by Crippen LogP contribution is 2.22. The summed E-state index contributed by atoms with van der Waals surface area (Å²) in [5, 5.41) is 4.85. The second-order valence-electron chi connectivity index (χ2n) is 6.77. The van der Waals surface area contributed by atoms with E-state index in [0.29, 0.717) is 18.7 Å². The normalized spacial score (nSPS) is 14.0. The topological polar surface area (TPSA) is 52.7 Å². The number of hydrogen-bond acceptors (Lipinski definition) is 4. The van der Waals surface area contributed by atoms with Crippen LogP contribution in [0, 0.1) is 0 Å². The van der Waals surface area contributed by atoms with Crippen LogP contribution in [-0.4, -0.2) is 42.9 Å². The third-order valence-electron chi connectivity index (χ3n) is 4.88. The standard InChI is InChI=1S/C22H20BrN3O2S/c23-17-4-1-3-16(15-17)21(27)24-18-6-8-19(9-7-18)25-10-12-26(13-11-25)22(28)20-5-2-14-29-20/h1-9,14-15H,10-13H2,(H,24,27). The average Bonchev–Trinajstić information content (AvgIpc) is 3.29. The number of carbonyl (C=O) groups is 2. The van der Waals surface area contributed by atoms with Gasteiger partial charge >= 0.3 is 0 Å². The van der Waals surface area contributed by atoms with Crippen molar-refractivity contribution in [1.29, 1.82) is 0 Å². The fourth-order valence-electron chi connectivity index (χ4n) is 3.31. The van der Waals surface area contributed by atoms with Crippen molar-refractivity contribution in [2.24, 2.45) is 0 Å². The molecular formula is C22H20BrN3O2S. The van der Waals surface area contributed by atoms with E-state index in [9.17, 15) is 9.59 Å². The van der Waals surface area contributed by atoms with Crippen molar-refractivity contribution in [3.63, 3.8) is 0 Å². The van der Waals surface area contributed by atoms with Crippen LogP contribution in [-0.2, 0) is 0 Å². The number of halogens is 1. The van der Waals surface area contributed by atoms with Crippen LogP contribution in [0.5, 0.6) is 0 Å². The predicted octanol–water partition coefficient (Wildman–Crippen LogP) is 4.73. The first kappa shape index (κ1) is 19.7. The van der Waals surface area contributed by atoms with Crippen molar-refractivity contribution < 1.29 is 9.59 Å². The fraction of sp³-hybridized carbons (Fsp3) is 0.182. The summed E-state index contributed by atoms with van der Waals surface area (Å²) in [6.07, 6.45) is 0. The highest BCUT2D eigenvalue weighted by atomic mass is 79.9. The lowest BCUT2D eigenvalue weighted by Crippen LogP contribution is -2.48. The number of hydrogen-bond donors (Lipinski definition) is 1. The molecule has 1 N–H and O–H groups in total. The first-order valence-corrected chi connectivity index (χ1v) is 11.0. The molecule has 1 aromatic heterocycles. The third-order valence-corrected chi connectivity index (χ3v) is 6.23. The van der Waals surface area contributed by atoms with Gasteiger partial charge in [-0.15, -0.1) is 11.3 Å². The molecule has 1 aliphatic heterocycles. The first-order valence-electron chi connectivity index (χ1n) is 9.35. The summed E-state index contributed by atoms with van der Waals surface area (Å²) in [4.78, 5) is 29.8. The van der Waals surface area contributed by atoms with Crippen LogP contribution >= 0.6 is 27.3 Å². The first-order chi connectivity index (χ1) is 14.1. The van der Waals surface area contributed by atoms with Crippen molar-refractivity contribution in [2.75, 3.05) is 36.4 Å².